The minimum Gasteiger partial charge on any atom is -0.393 e. The molecule has 4 heteroatoms. The highest BCUT2D eigenvalue weighted by Crippen LogP contribution is 2.28. The van der Waals surface area contributed by atoms with Crippen molar-refractivity contribution in [3.8, 4) is 0 Å². The number of anilines is 1. The van der Waals surface area contributed by atoms with Gasteiger partial charge in [-0.25, -0.2) is 4.39 Å². The van der Waals surface area contributed by atoms with Crippen molar-refractivity contribution in [3.05, 3.63) is 29.6 Å². The monoisotopic (exact) mass is 282 g/mol. The van der Waals surface area contributed by atoms with E-state index in [2.05, 4.69) is 12.2 Å². The number of benzene rings is 1. The summed E-state index contributed by atoms with van der Waals surface area (Å²) in [6.07, 6.45) is 1.35. The van der Waals surface area contributed by atoms with E-state index in [0.29, 0.717) is 18.5 Å². The van der Waals surface area contributed by atoms with Crippen LogP contribution in [0.25, 0.3) is 0 Å². The Balaban J connectivity index is 2.92. The highest BCUT2D eigenvalue weighted by Gasteiger charge is 2.17. The van der Waals surface area contributed by atoms with Crippen LogP contribution in [0.1, 0.15) is 45.2 Å². The SMILES string of the molecule is CCCNC(C)c1c(F)cccc1N(C)CCC(C)O. The number of rotatable bonds is 8. The van der Waals surface area contributed by atoms with Crippen molar-refractivity contribution < 1.29 is 9.50 Å². The maximum absolute atomic E-state index is 14.2. The molecule has 0 aliphatic carbocycles. The van der Waals surface area contributed by atoms with Crippen molar-refractivity contribution in [1.29, 1.82) is 0 Å². The minimum atomic E-state index is -0.343. The van der Waals surface area contributed by atoms with Gasteiger partial charge in [0.1, 0.15) is 5.82 Å². The van der Waals surface area contributed by atoms with E-state index in [-0.39, 0.29) is 18.0 Å². The molecule has 1 aromatic rings. The highest BCUT2D eigenvalue weighted by molar-refractivity contribution is 5.55. The van der Waals surface area contributed by atoms with Crippen LogP contribution in [0.2, 0.25) is 0 Å². The normalized spacial score (nSPS) is 14.1. The number of nitrogens with one attached hydrogen (secondary N) is 1. The summed E-state index contributed by atoms with van der Waals surface area (Å²) in [6, 6.07) is 5.15. The predicted molar refractivity (Wildman–Crippen MR) is 82.7 cm³/mol. The van der Waals surface area contributed by atoms with Gasteiger partial charge in [0, 0.05) is 30.9 Å². The molecule has 0 aliphatic rings. The summed E-state index contributed by atoms with van der Waals surface area (Å²) in [5.74, 6) is -0.178. The molecule has 1 rings (SSSR count). The molecular weight excluding hydrogens is 255 g/mol. The lowest BCUT2D eigenvalue weighted by Crippen LogP contribution is -2.27. The standard InChI is InChI=1S/C16H27FN2O/c1-5-10-18-13(3)16-14(17)7-6-8-15(16)19(4)11-9-12(2)20/h6-8,12-13,18,20H,5,9-11H2,1-4H3. The summed E-state index contributed by atoms with van der Waals surface area (Å²) in [7, 11) is 1.94. The Hall–Kier alpha value is -1.13. The van der Waals surface area contributed by atoms with E-state index in [1.54, 1.807) is 13.0 Å². The van der Waals surface area contributed by atoms with Crippen LogP contribution in [0.4, 0.5) is 10.1 Å². The Kier molecular flexibility index (Phi) is 6.96. The maximum atomic E-state index is 14.2. The Morgan fingerprint density at radius 1 is 1.35 bits per heavy atom. The van der Waals surface area contributed by atoms with Crippen molar-refractivity contribution in [3.63, 3.8) is 0 Å². The first-order chi connectivity index (χ1) is 9.47. The fourth-order valence-electron chi connectivity index (χ4n) is 2.25. The van der Waals surface area contributed by atoms with Crippen LogP contribution in [0.5, 0.6) is 0 Å². The summed E-state index contributed by atoms with van der Waals surface area (Å²) in [5, 5.41) is 12.7. The lowest BCUT2D eigenvalue weighted by atomic mass is 10.0. The van der Waals surface area contributed by atoms with Crippen LogP contribution in [0.3, 0.4) is 0 Å². The predicted octanol–water partition coefficient (Wildman–Crippen LogP) is 3.09. The summed E-state index contributed by atoms with van der Waals surface area (Å²) in [4.78, 5) is 2.01. The third-order valence-electron chi connectivity index (χ3n) is 3.46. The molecule has 0 fully saturated rings. The van der Waals surface area contributed by atoms with Crippen LogP contribution < -0.4 is 10.2 Å². The van der Waals surface area contributed by atoms with Crippen molar-refractivity contribution in [2.45, 2.75) is 45.8 Å². The van der Waals surface area contributed by atoms with E-state index in [4.69, 9.17) is 0 Å². The average Bonchev–Trinajstić information content (AvgIpc) is 2.41. The molecule has 2 N–H and O–H groups in total. The van der Waals surface area contributed by atoms with Gasteiger partial charge in [0.25, 0.3) is 0 Å². The van der Waals surface area contributed by atoms with Crippen molar-refractivity contribution >= 4 is 5.69 Å². The lowest BCUT2D eigenvalue weighted by Gasteiger charge is -2.26. The van der Waals surface area contributed by atoms with Crippen molar-refractivity contribution in [2.24, 2.45) is 0 Å². The minimum absolute atomic E-state index is 0.0276. The van der Waals surface area contributed by atoms with Crippen LogP contribution in [0, 0.1) is 5.82 Å². The molecule has 20 heavy (non-hydrogen) atoms. The zero-order chi connectivity index (χ0) is 15.1. The molecule has 0 heterocycles. The molecule has 114 valence electrons. The van der Waals surface area contributed by atoms with Crippen molar-refractivity contribution in [1.82, 2.24) is 5.32 Å². The molecule has 0 radical (unpaired) electrons. The van der Waals surface area contributed by atoms with Gasteiger partial charge in [-0.2, -0.15) is 0 Å². The van der Waals surface area contributed by atoms with Crippen molar-refractivity contribution in [2.75, 3.05) is 25.0 Å². The van der Waals surface area contributed by atoms with Gasteiger partial charge < -0.3 is 15.3 Å². The van der Waals surface area contributed by atoms with E-state index in [1.165, 1.54) is 6.07 Å². The molecule has 2 atom stereocenters. The Morgan fingerprint density at radius 3 is 2.65 bits per heavy atom. The quantitative estimate of drug-likeness (QED) is 0.769. The van der Waals surface area contributed by atoms with Crippen LogP contribution >= 0.6 is 0 Å². The molecule has 0 amide bonds. The highest BCUT2D eigenvalue weighted by atomic mass is 19.1. The topological polar surface area (TPSA) is 35.5 Å². The smallest absolute Gasteiger partial charge is 0.130 e. The summed E-state index contributed by atoms with van der Waals surface area (Å²) in [5.41, 5.74) is 1.59. The molecule has 2 unspecified atom stereocenters. The number of halogens is 1. The van der Waals surface area contributed by atoms with Gasteiger partial charge in [-0.3, -0.25) is 0 Å². The van der Waals surface area contributed by atoms with E-state index < -0.39 is 0 Å². The first-order valence-corrected chi connectivity index (χ1v) is 7.38. The van der Waals surface area contributed by atoms with Gasteiger partial charge >= 0.3 is 0 Å². The van der Waals surface area contributed by atoms with Crippen LogP contribution in [-0.4, -0.2) is 31.3 Å². The van der Waals surface area contributed by atoms with Gasteiger partial charge in [-0.05, 0) is 45.4 Å². The molecule has 3 nitrogen and oxygen atoms in total. The second-order valence-corrected chi connectivity index (χ2v) is 5.41. The lowest BCUT2D eigenvalue weighted by molar-refractivity contribution is 0.187. The molecule has 0 aromatic heterocycles. The van der Waals surface area contributed by atoms with Gasteiger partial charge in [0.2, 0.25) is 0 Å². The zero-order valence-electron chi connectivity index (χ0n) is 13.0. The fourth-order valence-corrected chi connectivity index (χ4v) is 2.25. The second-order valence-electron chi connectivity index (χ2n) is 5.41. The molecule has 0 saturated heterocycles. The Morgan fingerprint density at radius 2 is 2.05 bits per heavy atom. The summed E-state index contributed by atoms with van der Waals surface area (Å²) >= 11 is 0. The van der Waals surface area contributed by atoms with Gasteiger partial charge in [-0.1, -0.05) is 13.0 Å². The largest absolute Gasteiger partial charge is 0.393 e. The van der Waals surface area contributed by atoms with Gasteiger partial charge in [-0.15, -0.1) is 0 Å². The molecule has 0 aliphatic heterocycles. The first kappa shape index (κ1) is 16.9. The van der Waals surface area contributed by atoms with E-state index in [9.17, 15) is 9.50 Å². The van der Waals surface area contributed by atoms with E-state index in [0.717, 1.165) is 18.7 Å². The second kappa shape index (κ2) is 8.22. The maximum Gasteiger partial charge on any atom is 0.130 e. The number of hydrogen-bond donors (Lipinski definition) is 2. The zero-order valence-corrected chi connectivity index (χ0v) is 13.0. The summed E-state index contributed by atoms with van der Waals surface area (Å²) in [6.45, 7) is 7.42. The molecule has 0 saturated carbocycles. The average molecular weight is 282 g/mol. The molecule has 1 aromatic carbocycles. The van der Waals surface area contributed by atoms with Gasteiger partial charge in [0.05, 0.1) is 6.10 Å². The molecule has 0 spiro atoms. The van der Waals surface area contributed by atoms with Crippen LogP contribution in [0.15, 0.2) is 18.2 Å². The fraction of sp³-hybridized carbons (Fsp3) is 0.625. The number of aliphatic hydroxyl groups excluding tert-OH is 1. The Labute approximate surface area is 121 Å². The van der Waals surface area contributed by atoms with Crippen LogP contribution in [-0.2, 0) is 0 Å². The number of aliphatic hydroxyl groups is 1. The Bertz CT molecular complexity index is 409. The third-order valence-corrected chi connectivity index (χ3v) is 3.46. The molecular formula is C16H27FN2O. The van der Waals surface area contributed by atoms with E-state index in [1.807, 2.05) is 24.9 Å². The third kappa shape index (κ3) is 4.76. The van der Waals surface area contributed by atoms with E-state index >= 15 is 0 Å². The number of nitrogens with zero attached hydrogens (tertiary/aromatic N) is 1. The molecule has 0 bridgehead atoms. The first-order valence-electron chi connectivity index (χ1n) is 7.38. The van der Waals surface area contributed by atoms with Gasteiger partial charge in [0.15, 0.2) is 0 Å². The number of hydrogen-bond acceptors (Lipinski definition) is 3. The summed E-state index contributed by atoms with van der Waals surface area (Å²) < 4.78 is 14.2.